The normalized spacial score (nSPS) is 11.7. The Balaban J connectivity index is 1.91. The number of hydrogen-bond acceptors (Lipinski definition) is 4. The maximum atomic E-state index is 12.2. The molecule has 0 spiro atoms. The van der Waals surface area contributed by atoms with E-state index in [1.165, 1.54) is 4.90 Å². The van der Waals surface area contributed by atoms with Crippen molar-refractivity contribution in [1.29, 1.82) is 0 Å². The first-order chi connectivity index (χ1) is 11.9. The standard InChI is InChI=1S/C18H24N4O3/c1-5-12(2)19-17(23)14-6-8-15(9-7-14)20-18(24)22(4)11-16-10-13(3)25-21-16/h6-10,12H,5,11H2,1-4H3,(H,19,23)(H,20,24)/t12-/m1/s1. The third-order valence-electron chi connectivity index (χ3n) is 3.81. The summed E-state index contributed by atoms with van der Waals surface area (Å²) in [6.45, 7) is 6.12. The largest absolute Gasteiger partial charge is 0.361 e. The molecule has 1 aromatic heterocycles. The molecule has 1 heterocycles. The topological polar surface area (TPSA) is 87.5 Å². The Hall–Kier alpha value is -2.83. The second-order valence-corrected chi connectivity index (χ2v) is 6.08. The van der Waals surface area contributed by atoms with Crippen LogP contribution in [0.4, 0.5) is 10.5 Å². The molecular formula is C18H24N4O3. The molecule has 0 bridgehead atoms. The minimum atomic E-state index is -0.266. The van der Waals surface area contributed by atoms with Gasteiger partial charge in [-0.25, -0.2) is 4.79 Å². The summed E-state index contributed by atoms with van der Waals surface area (Å²) in [6.07, 6.45) is 0.872. The van der Waals surface area contributed by atoms with E-state index < -0.39 is 0 Å². The molecule has 7 nitrogen and oxygen atoms in total. The molecule has 25 heavy (non-hydrogen) atoms. The molecule has 3 amide bonds. The Bertz CT molecular complexity index is 724. The number of carbonyl (C=O) groups excluding carboxylic acids is 2. The van der Waals surface area contributed by atoms with E-state index in [9.17, 15) is 9.59 Å². The molecule has 0 fully saturated rings. The van der Waals surface area contributed by atoms with Crippen LogP contribution in [-0.4, -0.2) is 35.1 Å². The fraction of sp³-hybridized carbons (Fsp3) is 0.389. The van der Waals surface area contributed by atoms with Gasteiger partial charge in [0.05, 0.1) is 6.54 Å². The van der Waals surface area contributed by atoms with Gasteiger partial charge in [-0.15, -0.1) is 0 Å². The summed E-state index contributed by atoms with van der Waals surface area (Å²) in [4.78, 5) is 25.7. The van der Waals surface area contributed by atoms with Crippen LogP contribution >= 0.6 is 0 Å². The average Bonchev–Trinajstić information content (AvgIpc) is 3.00. The van der Waals surface area contributed by atoms with Crippen molar-refractivity contribution >= 4 is 17.6 Å². The number of hydrogen-bond donors (Lipinski definition) is 2. The molecule has 0 saturated carbocycles. The van der Waals surface area contributed by atoms with E-state index in [2.05, 4.69) is 15.8 Å². The minimum absolute atomic E-state index is 0.120. The number of urea groups is 1. The summed E-state index contributed by atoms with van der Waals surface area (Å²) in [5.41, 5.74) is 1.87. The lowest BCUT2D eigenvalue weighted by Gasteiger charge is -2.17. The molecule has 134 valence electrons. The fourth-order valence-corrected chi connectivity index (χ4v) is 2.14. The first-order valence-corrected chi connectivity index (χ1v) is 8.24. The van der Waals surface area contributed by atoms with Crippen molar-refractivity contribution in [3.05, 3.63) is 47.3 Å². The van der Waals surface area contributed by atoms with Crippen molar-refractivity contribution < 1.29 is 14.1 Å². The number of nitrogens with one attached hydrogen (secondary N) is 2. The van der Waals surface area contributed by atoms with Crippen LogP contribution < -0.4 is 10.6 Å². The van der Waals surface area contributed by atoms with E-state index in [1.807, 2.05) is 13.8 Å². The lowest BCUT2D eigenvalue weighted by molar-refractivity contribution is 0.0939. The van der Waals surface area contributed by atoms with Crippen LogP contribution in [0.5, 0.6) is 0 Å². The zero-order chi connectivity index (χ0) is 18.4. The molecule has 1 atom stereocenters. The van der Waals surface area contributed by atoms with Crippen molar-refractivity contribution in [3.8, 4) is 0 Å². The number of benzene rings is 1. The van der Waals surface area contributed by atoms with Crippen LogP contribution in [0.2, 0.25) is 0 Å². The lowest BCUT2D eigenvalue weighted by atomic mass is 10.1. The molecule has 0 unspecified atom stereocenters. The highest BCUT2D eigenvalue weighted by molar-refractivity contribution is 5.95. The summed E-state index contributed by atoms with van der Waals surface area (Å²) in [6, 6.07) is 8.43. The number of amides is 3. The number of carbonyl (C=O) groups is 2. The molecule has 2 N–H and O–H groups in total. The van der Waals surface area contributed by atoms with Crippen LogP contribution in [0.1, 0.15) is 42.1 Å². The Morgan fingerprint density at radius 2 is 1.96 bits per heavy atom. The molecular weight excluding hydrogens is 320 g/mol. The van der Waals surface area contributed by atoms with E-state index >= 15 is 0 Å². The molecule has 2 aromatic rings. The van der Waals surface area contributed by atoms with Gasteiger partial charge in [-0.05, 0) is 44.5 Å². The van der Waals surface area contributed by atoms with Gasteiger partial charge in [0.1, 0.15) is 11.5 Å². The molecule has 0 aliphatic heterocycles. The molecule has 7 heteroatoms. The summed E-state index contributed by atoms with van der Waals surface area (Å²) in [7, 11) is 1.67. The third kappa shape index (κ3) is 5.34. The van der Waals surface area contributed by atoms with Gasteiger partial charge < -0.3 is 20.1 Å². The first kappa shape index (κ1) is 18.5. The van der Waals surface area contributed by atoms with Crippen LogP contribution in [0.15, 0.2) is 34.9 Å². The highest BCUT2D eigenvalue weighted by atomic mass is 16.5. The highest BCUT2D eigenvalue weighted by Crippen LogP contribution is 2.12. The van der Waals surface area contributed by atoms with Gasteiger partial charge >= 0.3 is 6.03 Å². The quantitative estimate of drug-likeness (QED) is 0.842. The monoisotopic (exact) mass is 344 g/mol. The van der Waals surface area contributed by atoms with Crippen molar-refractivity contribution in [3.63, 3.8) is 0 Å². The van der Waals surface area contributed by atoms with E-state index in [0.717, 1.165) is 6.42 Å². The molecule has 1 aromatic carbocycles. The molecule has 0 radical (unpaired) electrons. The summed E-state index contributed by atoms with van der Waals surface area (Å²) >= 11 is 0. The Morgan fingerprint density at radius 1 is 1.28 bits per heavy atom. The summed E-state index contributed by atoms with van der Waals surface area (Å²) < 4.78 is 4.99. The van der Waals surface area contributed by atoms with Gasteiger partial charge in [-0.3, -0.25) is 4.79 Å². The van der Waals surface area contributed by atoms with Crippen molar-refractivity contribution in [2.75, 3.05) is 12.4 Å². The second kappa shape index (κ2) is 8.32. The van der Waals surface area contributed by atoms with Crippen LogP contribution in [0, 0.1) is 6.92 Å². The molecule has 0 aliphatic carbocycles. The number of nitrogens with zero attached hydrogens (tertiary/aromatic N) is 2. The lowest BCUT2D eigenvalue weighted by Crippen LogP contribution is -2.32. The van der Waals surface area contributed by atoms with Crippen LogP contribution in [0.25, 0.3) is 0 Å². The van der Waals surface area contributed by atoms with Gasteiger partial charge in [0.15, 0.2) is 0 Å². The third-order valence-corrected chi connectivity index (χ3v) is 3.81. The maximum Gasteiger partial charge on any atom is 0.321 e. The predicted molar refractivity (Wildman–Crippen MR) is 95.4 cm³/mol. The minimum Gasteiger partial charge on any atom is -0.361 e. The zero-order valence-corrected chi connectivity index (χ0v) is 15.0. The smallest absolute Gasteiger partial charge is 0.321 e. The van der Waals surface area contributed by atoms with E-state index in [-0.39, 0.29) is 18.0 Å². The number of anilines is 1. The maximum absolute atomic E-state index is 12.2. The second-order valence-electron chi connectivity index (χ2n) is 6.08. The predicted octanol–water partition coefficient (Wildman–Crippen LogP) is 3.18. The Kier molecular flexibility index (Phi) is 6.16. The molecule has 2 rings (SSSR count). The SMILES string of the molecule is CC[C@@H](C)NC(=O)c1ccc(NC(=O)N(C)Cc2cc(C)on2)cc1. The number of aromatic nitrogens is 1. The van der Waals surface area contributed by atoms with Crippen molar-refractivity contribution in [1.82, 2.24) is 15.4 Å². The number of rotatable bonds is 6. The summed E-state index contributed by atoms with van der Waals surface area (Å²) in [5, 5.41) is 9.55. The number of aryl methyl sites for hydroxylation is 1. The van der Waals surface area contributed by atoms with Gasteiger partial charge in [-0.2, -0.15) is 0 Å². The Labute approximate surface area is 147 Å². The Morgan fingerprint density at radius 3 is 2.52 bits per heavy atom. The van der Waals surface area contributed by atoms with Gasteiger partial charge in [0, 0.05) is 30.4 Å². The van der Waals surface area contributed by atoms with Gasteiger partial charge in [0.2, 0.25) is 0 Å². The molecule has 0 aliphatic rings. The van der Waals surface area contributed by atoms with Crippen LogP contribution in [-0.2, 0) is 6.54 Å². The van der Waals surface area contributed by atoms with Gasteiger partial charge in [-0.1, -0.05) is 12.1 Å². The van der Waals surface area contributed by atoms with E-state index in [0.29, 0.717) is 29.2 Å². The van der Waals surface area contributed by atoms with Crippen molar-refractivity contribution in [2.45, 2.75) is 39.8 Å². The fourth-order valence-electron chi connectivity index (χ4n) is 2.14. The van der Waals surface area contributed by atoms with Crippen LogP contribution in [0.3, 0.4) is 0 Å². The van der Waals surface area contributed by atoms with Gasteiger partial charge in [0.25, 0.3) is 5.91 Å². The molecule has 0 saturated heterocycles. The first-order valence-electron chi connectivity index (χ1n) is 8.24. The summed E-state index contributed by atoms with van der Waals surface area (Å²) in [5.74, 6) is 0.584. The highest BCUT2D eigenvalue weighted by Gasteiger charge is 2.13. The van der Waals surface area contributed by atoms with E-state index in [4.69, 9.17) is 4.52 Å². The average molecular weight is 344 g/mol. The zero-order valence-electron chi connectivity index (χ0n) is 15.0. The van der Waals surface area contributed by atoms with E-state index in [1.54, 1.807) is 44.3 Å². The van der Waals surface area contributed by atoms with Crippen molar-refractivity contribution in [2.24, 2.45) is 0 Å².